The Morgan fingerprint density at radius 2 is 2.15 bits per heavy atom. The Bertz CT molecular complexity index is 555. The van der Waals surface area contributed by atoms with Crippen molar-refractivity contribution in [2.45, 2.75) is 20.4 Å². The van der Waals surface area contributed by atoms with Crippen molar-refractivity contribution in [3.63, 3.8) is 0 Å². The summed E-state index contributed by atoms with van der Waals surface area (Å²) in [4.78, 5) is 8.41. The van der Waals surface area contributed by atoms with Gasteiger partial charge in [0.15, 0.2) is 10.8 Å². The Labute approximate surface area is 128 Å². The molecule has 0 atom stereocenters. The fourth-order valence-electron chi connectivity index (χ4n) is 2.49. The van der Waals surface area contributed by atoms with E-state index < -0.39 is 0 Å². The van der Waals surface area contributed by atoms with Crippen molar-refractivity contribution in [2.75, 3.05) is 36.0 Å². The lowest BCUT2D eigenvalue weighted by Gasteiger charge is -2.27. The first-order valence-electron chi connectivity index (χ1n) is 7.23. The van der Waals surface area contributed by atoms with E-state index in [0.717, 1.165) is 31.1 Å². The van der Waals surface area contributed by atoms with Crippen LogP contribution in [0.25, 0.3) is 4.96 Å². The Morgan fingerprint density at radius 3 is 2.90 bits per heavy atom. The Hall–Kier alpha value is -0.720. The van der Waals surface area contributed by atoms with Gasteiger partial charge < -0.3 is 10.2 Å². The van der Waals surface area contributed by atoms with Gasteiger partial charge in [-0.2, -0.15) is 11.8 Å². The van der Waals surface area contributed by atoms with Crippen molar-refractivity contribution in [2.24, 2.45) is 5.92 Å². The van der Waals surface area contributed by atoms with E-state index in [-0.39, 0.29) is 0 Å². The molecule has 1 N–H and O–H groups in total. The highest BCUT2D eigenvalue weighted by molar-refractivity contribution is 7.99. The third kappa shape index (κ3) is 2.97. The summed E-state index contributed by atoms with van der Waals surface area (Å²) in [6, 6.07) is 0. The quantitative estimate of drug-likeness (QED) is 0.920. The monoisotopic (exact) mass is 310 g/mol. The summed E-state index contributed by atoms with van der Waals surface area (Å²) in [5.41, 5.74) is 1.31. The fraction of sp³-hybridized carbons (Fsp3) is 0.643. The summed E-state index contributed by atoms with van der Waals surface area (Å²) in [6.45, 7) is 8.67. The van der Waals surface area contributed by atoms with E-state index in [1.165, 1.54) is 23.0 Å². The molecule has 1 aliphatic heterocycles. The average Bonchev–Trinajstić information content (AvgIpc) is 3.01. The lowest BCUT2D eigenvalue weighted by atomic mass is 10.2. The average molecular weight is 310 g/mol. The number of hydrogen-bond donors (Lipinski definition) is 1. The summed E-state index contributed by atoms with van der Waals surface area (Å²) < 4.78 is 2.25. The molecule has 0 aromatic carbocycles. The van der Waals surface area contributed by atoms with Crippen molar-refractivity contribution in [1.82, 2.24) is 14.7 Å². The molecule has 3 rings (SSSR count). The van der Waals surface area contributed by atoms with Gasteiger partial charge in [0.05, 0.1) is 5.69 Å². The maximum Gasteiger partial charge on any atom is 0.195 e. The molecule has 0 radical (unpaired) electrons. The van der Waals surface area contributed by atoms with E-state index >= 15 is 0 Å². The van der Waals surface area contributed by atoms with Gasteiger partial charge in [0.2, 0.25) is 0 Å². The summed E-state index contributed by atoms with van der Waals surface area (Å²) in [7, 11) is 0. The highest BCUT2D eigenvalue weighted by Crippen LogP contribution is 2.26. The fourth-order valence-corrected chi connectivity index (χ4v) is 4.12. The van der Waals surface area contributed by atoms with Gasteiger partial charge in [-0.1, -0.05) is 13.8 Å². The van der Waals surface area contributed by atoms with Crippen LogP contribution >= 0.6 is 23.1 Å². The van der Waals surface area contributed by atoms with E-state index in [9.17, 15) is 0 Å². The van der Waals surface area contributed by atoms with Gasteiger partial charge in [0.1, 0.15) is 0 Å². The van der Waals surface area contributed by atoms with E-state index in [1.54, 1.807) is 11.3 Å². The van der Waals surface area contributed by atoms with E-state index in [1.807, 2.05) is 11.8 Å². The number of thiazole rings is 1. The van der Waals surface area contributed by atoms with Gasteiger partial charge in [-0.15, -0.1) is 11.3 Å². The Balaban J connectivity index is 1.83. The number of nitrogens with zero attached hydrogens (tertiary/aromatic N) is 3. The van der Waals surface area contributed by atoms with Crippen LogP contribution < -0.4 is 10.2 Å². The third-order valence-electron chi connectivity index (χ3n) is 3.50. The van der Waals surface area contributed by atoms with Gasteiger partial charge in [-0.25, -0.2) is 4.98 Å². The minimum atomic E-state index is 0.677. The highest BCUT2D eigenvalue weighted by Gasteiger charge is 2.20. The lowest BCUT2D eigenvalue weighted by molar-refractivity contribution is 0.547. The first-order chi connectivity index (χ1) is 9.75. The minimum Gasteiger partial charge on any atom is -0.353 e. The lowest BCUT2D eigenvalue weighted by Crippen LogP contribution is -2.34. The van der Waals surface area contributed by atoms with Crippen LogP contribution in [0.15, 0.2) is 11.6 Å². The number of anilines is 1. The summed E-state index contributed by atoms with van der Waals surface area (Å²) in [5, 5.41) is 5.68. The predicted molar refractivity (Wildman–Crippen MR) is 89.2 cm³/mol. The summed E-state index contributed by atoms with van der Waals surface area (Å²) in [6.07, 6.45) is 2.14. The number of nitrogens with one attached hydrogen (secondary N) is 1. The van der Waals surface area contributed by atoms with Gasteiger partial charge in [-0.05, 0) is 12.5 Å². The summed E-state index contributed by atoms with van der Waals surface area (Å²) >= 11 is 3.76. The molecule has 3 heterocycles. The van der Waals surface area contributed by atoms with Crippen molar-refractivity contribution in [3.8, 4) is 0 Å². The molecule has 0 spiro atoms. The highest BCUT2D eigenvalue weighted by atomic mass is 32.2. The first-order valence-corrected chi connectivity index (χ1v) is 9.27. The van der Waals surface area contributed by atoms with Crippen LogP contribution in [0, 0.1) is 5.92 Å². The van der Waals surface area contributed by atoms with E-state index in [0.29, 0.717) is 5.92 Å². The van der Waals surface area contributed by atoms with Gasteiger partial charge in [0, 0.05) is 42.7 Å². The number of thioether (sulfide) groups is 1. The first kappa shape index (κ1) is 14.2. The zero-order valence-electron chi connectivity index (χ0n) is 12.1. The molecule has 4 nitrogen and oxygen atoms in total. The maximum atomic E-state index is 4.85. The molecule has 1 saturated heterocycles. The molecule has 1 aliphatic rings. The minimum absolute atomic E-state index is 0.677. The Kier molecular flexibility index (Phi) is 4.53. The maximum absolute atomic E-state index is 4.85. The van der Waals surface area contributed by atoms with Crippen LogP contribution in [0.2, 0.25) is 0 Å². The van der Waals surface area contributed by atoms with Gasteiger partial charge in [0.25, 0.3) is 0 Å². The van der Waals surface area contributed by atoms with Crippen LogP contribution in [0.1, 0.15) is 19.5 Å². The molecule has 2 aromatic rings. The van der Waals surface area contributed by atoms with Gasteiger partial charge in [-0.3, -0.25) is 4.40 Å². The van der Waals surface area contributed by atoms with Crippen LogP contribution in [0.5, 0.6) is 0 Å². The van der Waals surface area contributed by atoms with Crippen molar-refractivity contribution in [3.05, 3.63) is 17.3 Å². The smallest absolute Gasteiger partial charge is 0.195 e. The SMILES string of the molecule is CC(C)CNCc1c(N2CCSCC2)nc2sccn12. The van der Waals surface area contributed by atoms with Crippen LogP contribution in [-0.2, 0) is 6.54 Å². The molecule has 110 valence electrons. The molecule has 20 heavy (non-hydrogen) atoms. The normalized spacial score (nSPS) is 16.4. The number of fused-ring (bicyclic) bond motifs is 1. The molecule has 1 fully saturated rings. The Morgan fingerprint density at radius 1 is 1.35 bits per heavy atom. The van der Waals surface area contributed by atoms with Crippen LogP contribution in [0.4, 0.5) is 5.82 Å². The molecule has 0 saturated carbocycles. The van der Waals surface area contributed by atoms with E-state index in [2.05, 4.69) is 40.0 Å². The molecular weight excluding hydrogens is 288 g/mol. The third-order valence-corrected chi connectivity index (χ3v) is 5.19. The molecule has 0 amide bonds. The summed E-state index contributed by atoms with van der Waals surface area (Å²) in [5.74, 6) is 4.29. The molecular formula is C14H22N4S2. The van der Waals surface area contributed by atoms with Gasteiger partial charge >= 0.3 is 0 Å². The van der Waals surface area contributed by atoms with Crippen LogP contribution in [0.3, 0.4) is 0 Å². The zero-order chi connectivity index (χ0) is 13.9. The number of rotatable bonds is 5. The molecule has 0 bridgehead atoms. The molecule has 0 aliphatic carbocycles. The second-order valence-electron chi connectivity index (χ2n) is 5.56. The van der Waals surface area contributed by atoms with E-state index in [4.69, 9.17) is 4.98 Å². The van der Waals surface area contributed by atoms with Crippen molar-refractivity contribution in [1.29, 1.82) is 0 Å². The number of hydrogen-bond acceptors (Lipinski definition) is 5. The van der Waals surface area contributed by atoms with Crippen molar-refractivity contribution < 1.29 is 0 Å². The predicted octanol–water partition coefficient (Wildman–Crippen LogP) is 2.69. The second kappa shape index (κ2) is 6.37. The van der Waals surface area contributed by atoms with Crippen molar-refractivity contribution >= 4 is 33.9 Å². The topological polar surface area (TPSA) is 32.6 Å². The number of aromatic nitrogens is 2. The number of imidazole rings is 1. The zero-order valence-corrected chi connectivity index (χ0v) is 13.8. The standard InChI is InChI=1S/C14H22N4S2/c1-11(2)9-15-10-12-13(17-3-6-19-7-4-17)16-14-18(12)5-8-20-14/h5,8,11,15H,3-4,6-7,9-10H2,1-2H3. The molecule has 0 unspecified atom stereocenters. The molecule has 6 heteroatoms. The molecule has 2 aromatic heterocycles. The second-order valence-corrected chi connectivity index (χ2v) is 7.66. The van der Waals surface area contributed by atoms with Crippen LogP contribution in [-0.4, -0.2) is 40.5 Å². The largest absolute Gasteiger partial charge is 0.353 e.